The van der Waals surface area contributed by atoms with Crippen LogP contribution in [0, 0.1) is 6.92 Å². The van der Waals surface area contributed by atoms with Gasteiger partial charge in [-0.05, 0) is 31.2 Å². The average Bonchev–Trinajstić information content (AvgIpc) is 3.23. The molecule has 2 heterocycles. The van der Waals surface area contributed by atoms with Crippen molar-refractivity contribution < 1.29 is 4.52 Å². The van der Waals surface area contributed by atoms with Crippen LogP contribution >= 0.6 is 11.6 Å². The highest BCUT2D eigenvalue weighted by Gasteiger charge is 2.17. The predicted molar refractivity (Wildman–Crippen MR) is 94.2 cm³/mol. The molecule has 24 heavy (non-hydrogen) atoms. The molecule has 2 aromatic carbocycles. The number of halogens is 1. The number of hydrogen-bond donors (Lipinski definition) is 0. The summed E-state index contributed by atoms with van der Waals surface area (Å²) in [5.41, 5.74) is 4.50. The first-order valence-electron chi connectivity index (χ1n) is 7.55. The highest BCUT2D eigenvalue weighted by molar-refractivity contribution is 6.30. The summed E-state index contributed by atoms with van der Waals surface area (Å²) in [7, 11) is 0. The first-order chi connectivity index (χ1) is 11.7. The van der Waals surface area contributed by atoms with Crippen molar-refractivity contribution in [3.63, 3.8) is 0 Å². The van der Waals surface area contributed by atoms with Gasteiger partial charge >= 0.3 is 0 Å². The Bertz CT molecular complexity index is 972. The van der Waals surface area contributed by atoms with E-state index in [4.69, 9.17) is 21.2 Å². The zero-order valence-electron chi connectivity index (χ0n) is 13.0. The molecular formula is C19H14ClN3O. The molecule has 0 bridgehead atoms. The Balaban J connectivity index is 1.90. The van der Waals surface area contributed by atoms with Gasteiger partial charge in [-0.3, -0.25) is 0 Å². The summed E-state index contributed by atoms with van der Waals surface area (Å²) in [6.45, 7) is 1.90. The Morgan fingerprint density at radius 1 is 1.00 bits per heavy atom. The normalized spacial score (nSPS) is 10.9. The molecule has 0 amide bonds. The molecule has 2 aromatic heterocycles. The molecule has 0 fully saturated rings. The minimum absolute atomic E-state index is 0.693. The first-order valence-corrected chi connectivity index (χ1v) is 7.93. The first kappa shape index (κ1) is 14.7. The van der Waals surface area contributed by atoms with Gasteiger partial charge in [-0.15, -0.1) is 0 Å². The van der Waals surface area contributed by atoms with Crippen LogP contribution in [-0.4, -0.2) is 14.9 Å². The number of para-hydroxylation sites is 1. The summed E-state index contributed by atoms with van der Waals surface area (Å²) in [4.78, 5) is 0. The van der Waals surface area contributed by atoms with Gasteiger partial charge in [0.1, 0.15) is 5.69 Å². The Kier molecular flexibility index (Phi) is 3.67. The quantitative estimate of drug-likeness (QED) is 0.519. The van der Waals surface area contributed by atoms with Gasteiger partial charge in [0.05, 0.1) is 16.9 Å². The molecule has 4 nitrogen and oxygen atoms in total. The molecule has 0 aliphatic rings. The number of rotatable bonds is 3. The van der Waals surface area contributed by atoms with Crippen molar-refractivity contribution in [3.8, 4) is 28.3 Å². The van der Waals surface area contributed by atoms with Crippen LogP contribution in [0.3, 0.4) is 0 Å². The van der Waals surface area contributed by atoms with E-state index < -0.39 is 0 Å². The lowest BCUT2D eigenvalue weighted by Crippen LogP contribution is -1.93. The van der Waals surface area contributed by atoms with E-state index in [0.29, 0.717) is 10.8 Å². The number of aromatic nitrogens is 3. The smallest absolute Gasteiger partial charge is 0.170 e. The largest absolute Gasteiger partial charge is 0.356 e. The van der Waals surface area contributed by atoms with Gasteiger partial charge in [-0.1, -0.05) is 47.1 Å². The van der Waals surface area contributed by atoms with Crippen molar-refractivity contribution in [2.24, 2.45) is 0 Å². The van der Waals surface area contributed by atoms with Crippen molar-refractivity contribution in [1.82, 2.24) is 14.9 Å². The van der Waals surface area contributed by atoms with Crippen LogP contribution in [0.25, 0.3) is 28.3 Å². The van der Waals surface area contributed by atoms with Crippen molar-refractivity contribution in [2.75, 3.05) is 0 Å². The molecule has 0 saturated carbocycles. The molecule has 0 atom stereocenters. The van der Waals surface area contributed by atoms with Crippen LogP contribution in [0.5, 0.6) is 0 Å². The second kappa shape index (κ2) is 5.98. The van der Waals surface area contributed by atoms with Crippen LogP contribution in [-0.2, 0) is 0 Å². The van der Waals surface area contributed by atoms with Crippen molar-refractivity contribution in [2.45, 2.75) is 6.92 Å². The van der Waals surface area contributed by atoms with Crippen LogP contribution < -0.4 is 0 Å². The fourth-order valence-corrected chi connectivity index (χ4v) is 2.70. The molecule has 0 saturated heterocycles. The van der Waals surface area contributed by atoms with Gasteiger partial charge in [0.2, 0.25) is 0 Å². The fourth-order valence-electron chi connectivity index (χ4n) is 2.58. The van der Waals surface area contributed by atoms with E-state index in [1.807, 2.05) is 78.5 Å². The highest BCUT2D eigenvalue weighted by atomic mass is 35.5. The average molecular weight is 336 g/mol. The molecular weight excluding hydrogens is 322 g/mol. The third kappa shape index (κ3) is 2.72. The second-order valence-corrected chi connectivity index (χ2v) is 5.95. The summed E-state index contributed by atoms with van der Waals surface area (Å²) in [6, 6.07) is 19.5. The van der Waals surface area contributed by atoms with Gasteiger partial charge < -0.3 is 4.52 Å². The molecule has 0 radical (unpaired) electrons. The van der Waals surface area contributed by atoms with E-state index >= 15 is 0 Å². The number of benzene rings is 2. The third-order valence-electron chi connectivity index (χ3n) is 3.75. The summed E-state index contributed by atoms with van der Waals surface area (Å²) in [6.07, 6.45) is 1.96. The number of aryl methyl sites for hydroxylation is 1. The molecule has 0 aliphatic carbocycles. The number of nitrogens with zero attached hydrogens (tertiary/aromatic N) is 3. The fraction of sp³-hybridized carbons (Fsp3) is 0.0526. The van der Waals surface area contributed by atoms with Gasteiger partial charge in [0, 0.05) is 22.8 Å². The molecule has 0 aliphatic heterocycles. The van der Waals surface area contributed by atoms with Gasteiger partial charge in [-0.2, -0.15) is 5.10 Å². The molecule has 0 N–H and O–H groups in total. The van der Waals surface area contributed by atoms with E-state index in [2.05, 4.69) is 5.16 Å². The maximum Gasteiger partial charge on any atom is 0.170 e. The van der Waals surface area contributed by atoms with Crippen molar-refractivity contribution >= 4 is 11.6 Å². The number of hydrogen-bond acceptors (Lipinski definition) is 3. The summed E-state index contributed by atoms with van der Waals surface area (Å²) < 4.78 is 7.30. The van der Waals surface area contributed by atoms with Crippen LogP contribution in [0.4, 0.5) is 0 Å². The van der Waals surface area contributed by atoms with Crippen LogP contribution in [0.15, 0.2) is 71.4 Å². The Hall–Kier alpha value is -2.85. The zero-order chi connectivity index (χ0) is 16.5. The minimum atomic E-state index is 0.693. The summed E-state index contributed by atoms with van der Waals surface area (Å²) >= 11 is 6.01. The lowest BCUT2D eigenvalue weighted by Gasteiger charge is -2.00. The predicted octanol–water partition coefficient (Wildman–Crippen LogP) is 5.16. The summed E-state index contributed by atoms with van der Waals surface area (Å²) in [5.74, 6) is 0.694. The molecule has 4 aromatic rings. The van der Waals surface area contributed by atoms with E-state index in [0.717, 1.165) is 28.2 Å². The maximum atomic E-state index is 6.01. The van der Waals surface area contributed by atoms with E-state index in [1.165, 1.54) is 0 Å². The minimum Gasteiger partial charge on any atom is -0.356 e. The SMILES string of the molecule is Cc1cc(-c2cn(-c3ccccc3)nc2-c2ccc(Cl)cc2)on1. The lowest BCUT2D eigenvalue weighted by atomic mass is 10.1. The van der Waals surface area contributed by atoms with E-state index in [1.54, 1.807) is 0 Å². The van der Waals surface area contributed by atoms with Crippen LogP contribution in [0.2, 0.25) is 5.02 Å². The standard InChI is InChI=1S/C19H14ClN3O/c1-13-11-18(24-22-13)17-12-23(16-5-3-2-4-6-16)21-19(17)14-7-9-15(20)10-8-14/h2-12H,1H3. The van der Waals surface area contributed by atoms with Gasteiger partial charge in [0.25, 0.3) is 0 Å². The van der Waals surface area contributed by atoms with E-state index in [-0.39, 0.29) is 0 Å². The molecule has 5 heteroatoms. The second-order valence-electron chi connectivity index (χ2n) is 5.51. The van der Waals surface area contributed by atoms with Crippen LogP contribution in [0.1, 0.15) is 5.69 Å². The molecule has 0 unspecified atom stereocenters. The lowest BCUT2D eigenvalue weighted by molar-refractivity contribution is 0.427. The molecule has 4 rings (SSSR count). The molecule has 0 spiro atoms. The summed E-state index contributed by atoms with van der Waals surface area (Å²) in [5, 5.41) is 9.44. The molecule has 118 valence electrons. The highest BCUT2D eigenvalue weighted by Crippen LogP contribution is 2.33. The third-order valence-corrected chi connectivity index (χ3v) is 4.00. The topological polar surface area (TPSA) is 43.9 Å². The monoisotopic (exact) mass is 335 g/mol. The zero-order valence-corrected chi connectivity index (χ0v) is 13.7. The van der Waals surface area contributed by atoms with Gasteiger partial charge in [0.15, 0.2) is 5.76 Å². The van der Waals surface area contributed by atoms with Crippen molar-refractivity contribution in [1.29, 1.82) is 0 Å². The van der Waals surface area contributed by atoms with Gasteiger partial charge in [-0.25, -0.2) is 4.68 Å². The van der Waals surface area contributed by atoms with Crippen molar-refractivity contribution in [3.05, 3.63) is 77.6 Å². The Labute approximate surface area is 144 Å². The Morgan fingerprint density at radius 3 is 2.42 bits per heavy atom. The Morgan fingerprint density at radius 2 is 1.75 bits per heavy atom. The maximum absolute atomic E-state index is 6.01. The van der Waals surface area contributed by atoms with E-state index in [9.17, 15) is 0 Å².